The lowest BCUT2D eigenvalue weighted by molar-refractivity contribution is 0.243. The highest BCUT2D eigenvalue weighted by Gasteiger charge is 2.04. The molecule has 0 aromatic heterocycles. The number of hydrogen-bond acceptors (Lipinski definition) is 3. The number of benzene rings is 2. The van der Waals surface area contributed by atoms with Crippen molar-refractivity contribution in [2.24, 2.45) is 0 Å². The van der Waals surface area contributed by atoms with Crippen molar-refractivity contribution in [2.45, 2.75) is 31.4 Å². The summed E-state index contributed by atoms with van der Waals surface area (Å²) in [4.78, 5) is 1.29. The van der Waals surface area contributed by atoms with Crippen molar-refractivity contribution in [2.75, 3.05) is 11.6 Å². The summed E-state index contributed by atoms with van der Waals surface area (Å²) in [7, 11) is 0. The third-order valence-corrected chi connectivity index (χ3v) is 3.64. The predicted molar refractivity (Wildman–Crippen MR) is 87.8 cm³/mol. The largest absolute Gasteiger partial charge is 0.489 e. The smallest absolute Gasteiger partial charge is 0.142 e. The Bertz CT molecular complexity index is 537. The summed E-state index contributed by atoms with van der Waals surface area (Å²) in [5, 5.41) is 3.44. The van der Waals surface area contributed by atoms with Crippen LogP contribution in [0, 0.1) is 0 Å². The van der Waals surface area contributed by atoms with Crippen molar-refractivity contribution >= 4 is 17.4 Å². The lowest BCUT2D eigenvalue weighted by Crippen LogP contribution is -2.08. The first-order valence-corrected chi connectivity index (χ1v) is 8.04. The van der Waals surface area contributed by atoms with Crippen LogP contribution in [-0.2, 0) is 6.54 Å². The molecule has 2 nitrogen and oxygen atoms in total. The molecule has 2 aromatic rings. The molecule has 1 N–H and O–H groups in total. The first-order chi connectivity index (χ1) is 9.69. The van der Waals surface area contributed by atoms with Gasteiger partial charge in [0.05, 0.1) is 11.8 Å². The molecule has 0 radical (unpaired) electrons. The first kappa shape index (κ1) is 14.8. The van der Waals surface area contributed by atoms with E-state index in [9.17, 15) is 0 Å². The fourth-order valence-corrected chi connectivity index (χ4v) is 2.32. The minimum atomic E-state index is 0.179. The van der Waals surface area contributed by atoms with Gasteiger partial charge in [0.2, 0.25) is 0 Å². The van der Waals surface area contributed by atoms with Gasteiger partial charge in [-0.05, 0) is 49.9 Å². The van der Waals surface area contributed by atoms with Crippen LogP contribution >= 0.6 is 11.8 Å². The predicted octanol–water partition coefficient (Wildman–Crippen LogP) is 4.81. The molecule has 0 saturated carbocycles. The Kier molecular flexibility index (Phi) is 5.36. The van der Waals surface area contributed by atoms with Crippen LogP contribution in [-0.4, -0.2) is 12.4 Å². The third-order valence-electron chi connectivity index (χ3n) is 2.89. The third kappa shape index (κ3) is 4.20. The van der Waals surface area contributed by atoms with E-state index in [4.69, 9.17) is 4.74 Å². The normalized spacial score (nSPS) is 10.6. The van der Waals surface area contributed by atoms with Crippen LogP contribution in [0.25, 0.3) is 0 Å². The van der Waals surface area contributed by atoms with Gasteiger partial charge in [-0.15, -0.1) is 11.8 Å². The number of anilines is 1. The minimum Gasteiger partial charge on any atom is -0.489 e. The van der Waals surface area contributed by atoms with Crippen LogP contribution in [0.3, 0.4) is 0 Å². The van der Waals surface area contributed by atoms with E-state index in [2.05, 4.69) is 35.8 Å². The Morgan fingerprint density at radius 2 is 1.75 bits per heavy atom. The fourth-order valence-electron chi connectivity index (χ4n) is 1.91. The monoisotopic (exact) mass is 287 g/mol. The Labute approximate surface area is 125 Å². The first-order valence-electron chi connectivity index (χ1n) is 6.81. The number of ether oxygens (including phenoxy) is 1. The Morgan fingerprint density at radius 3 is 2.40 bits per heavy atom. The van der Waals surface area contributed by atoms with Crippen LogP contribution < -0.4 is 10.1 Å². The zero-order valence-electron chi connectivity index (χ0n) is 12.2. The van der Waals surface area contributed by atoms with Gasteiger partial charge in [-0.2, -0.15) is 0 Å². The number of hydrogen-bond donors (Lipinski definition) is 1. The topological polar surface area (TPSA) is 21.3 Å². The van der Waals surface area contributed by atoms with Gasteiger partial charge in [0.1, 0.15) is 5.75 Å². The van der Waals surface area contributed by atoms with E-state index in [0.29, 0.717) is 0 Å². The standard InChI is InChI=1S/C17H21NOS/c1-13(2)19-17-7-5-4-6-16(17)18-12-14-8-10-15(20-3)11-9-14/h4-11,13,18H,12H2,1-3H3. The van der Waals surface area contributed by atoms with E-state index in [1.54, 1.807) is 11.8 Å². The fraction of sp³-hybridized carbons (Fsp3) is 0.294. The molecule has 20 heavy (non-hydrogen) atoms. The van der Waals surface area contributed by atoms with Crippen molar-refractivity contribution in [3.05, 3.63) is 54.1 Å². The second-order valence-electron chi connectivity index (χ2n) is 4.86. The Morgan fingerprint density at radius 1 is 1.05 bits per heavy atom. The summed E-state index contributed by atoms with van der Waals surface area (Å²) in [5.41, 5.74) is 2.30. The van der Waals surface area contributed by atoms with Gasteiger partial charge in [0.25, 0.3) is 0 Å². The van der Waals surface area contributed by atoms with E-state index < -0.39 is 0 Å². The highest BCUT2D eigenvalue weighted by atomic mass is 32.2. The summed E-state index contributed by atoms with van der Waals surface area (Å²) in [6.45, 7) is 4.88. The van der Waals surface area contributed by atoms with Crippen LogP contribution in [0.4, 0.5) is 5.69 Å². The highest BCUT2D eigenvalue weighted by molar-refractivity contribution is 7.98. The van der Waals surface area contributed by atoms with Gasteiger partial charge in [0, 0.05) is 11.4 Å². The maximum atomic E-state index is 5.80. The molecule has 0 bridgehead atoms. The van der Waals surface area contributed by atoms with E-state index in [0.717, 1.165) is 18.0 Å². The molecule has 0 amide bonds. The highest BCUT2D eigenvalue weighted by Crippen LogP contribution is 2.25. The van der Waals surface area contributed by atoms with Crippen LogP contribution in [0.1, 0.15) is 19.4 Å². The SMILES string of the molecule is CSc1ccc(CNc2ccccc2OC(C)C)cc1. The quantitative estimate of drug-likeness (QED) is 0.771. The molecule has 0 aliphatic heterocycles. The van der Waals surface area contributed by atoms with Crippen LogP contribution in [0.5, 0.6) is 5.75 Å². The number of thioether (sulfide) groups is 1. The molecule has 2 rings (SSSR count). The maximum Gasteiger partial charge on any atom is 0.142 e. The lowest BCUT2D eigenvalue weighted by Gasteiger charge is -2.15. The summed E-state index contributed by atoms with van der Waals surface area (Å²) >= 11 is 1.76. The van der Waals surface area contributed by atoms with E-state index >= 15 is 0 Å². The van der Waals surface area contributed by atoms with Crippen molar-refractivity contribution in [3.63, 3.8) is 0 Å². The van der Waals surface area contributed by atoms with E-state index in [1.807, 2.05) is 38.1 Å². The molecule has 3 heteroatoms. The lowest BCUT2D eigenvalue weighted by atomic mass is 10.2. The summed E-state index contributed by atoms with van der Waals surface area (Å²) in [6.07, 6.45) is 2.27. The molecule has 0 fully saturated rings. The number of rotatable bonds is 6. The number of para-hydroxylation sites is 2. The van der Waals surface area contributed by atoms with Crippen molar-refractivity contribution < 1.29 is 4.74 Å². The van der Waals surface area contributed by atoms with Crippen LogP contribution in [0.2, 0.25) is 0 Å². The molecular formula is C17H21NOS. The average Bonchev–Trinajstić information content (AvgIpc) is 2.46. The molecule has 0 atom stereocenters. The molecule has 0 aliphatic rings. The zero-order valence-corrected chi connectivity index (χ0v) is 13.0. The molecule has 0 heterocycles. The summed E-state index contributed by atoms with van der Waals surface area (Å²) in [6, 6.07) is 16.7. The van der Waals surface area contributed by atoms with Gasteiger partial charge in [0.15, 0.2) is 0 Å². The van der Waals surface area contributed by atoms with Crippen LogP contribution in [0.15, 0.2) is 53.4 Å². The molecule has 0 aliphatic carbocycles. The van der Waals surface area contributed by atoms with Gasteiger partial charge in [-0.3, -0.25) is 0 Å². The maximum absolute atomic E-state index is 5.80. The van der Waals surface area contributed by atoms with Gasteiger partial charge < -0.3 is 10.1 Å². The van der Waals surface area contributed by atoms with E-state index in [1.165, 1.54) is 10.5 Å². The average molecular weight is 287 g/mol. The molecular weight excluding hydrogens is 266 g/mol. The van der Waals surface area contributed by atoms with Crippen molar-refractivity contribution in [1.82, 2.24) is 0 Å². The molecule has 2 aromatic carbocycles. The molecule has 0 spiro atoms. The van der Waals surface area contributed by atoms with Gasteiger partial charge in [-0.25, -0.2) is 0 Å². The number of nitrogens with one attached hydrogen (secondary N) is 1. The van der Waals surface area contributed by atoms with Gasteiger partial charge >= 0.3 is 0 Å². The molecule has 106 valence electrons. The van der Waals surface area contributed by atoms with Gasteiger partial charge in [-0.1, -0.05) is 24.3 Å². The zero-order chi connectivity index (χ0) is 14.4. The van der Waals surface area contributed by atoms with E-state index in [-0.39, 0.29) is 6.10 Å². The molecule has 0 unspecified atom stereocenters. The second kappa shape index (κ2) is 7.25. The Balaban J connectivity index is 2.02. The Hall–Kier alpha value is -1.61. The van der Waals surface area contributed by atoms with Crippen molar-refractivity contribution in [3.8, 4) is 5.75 Å². The summed E-state index contributed by atoms with van der Waals surface area (Å²) in [5.74, 6) is 0.906. The second-order valence-corrected chi connectivity index (χ2v) is 5.74. The molecule has 0 saturated heterocycles. The minimum absolute atomic E-state index is 0.179. The van der Waals surface area contributed by atoms with Crippen molar-refractivity contribution in [1.29, 1.82) is 0 Å². The summed E-state index contributed by atoms with van der Waals surface area (Å²) < 4.78 is 5.80.